The molecule has 37 heavy (non-hydrogen) atoms. The number of hydrogen-bond donors (Lipinski definition) is 1. The van der Waals surface area contributed by atoms with Gasteiger partial charge in [0.1, 0.15) is 29.1 Å². The first-order valence-electron chi connectivity index (χ1n) is 12.8. The maximum atomic E-state index is 10.9. The average Bonchev–Trinajstić information content (AvgIpc) is 3.08. The van der Waals surface area contributed by atoms with E-state index >= 15 is 0 Å². The van der Waals surface area contributed by atoms with Crippen molar-refractivity contribution >= 4 is 32.7 Å². The number of aromatic nitrogens is 2. The summed E-state index contributed by atoms with van der Waals surface area (Å²) in [4.78, 5) is 11.8. The predicted octanol–water partition coefficient (Wildman–Crippen LogP) is 4.99. The predicted molar refractivity (Wildman–Crippen MR) is 146 cm³/mol. The van der Waals surface area contributed by atoms with Crippen LogP contribution in [0.25, 0.3) is 10.9 Å². The number of aliphatic hydroxyl groups is 1. The molecule has 9 heteroatoms. The largest absolute Gasteiger partial charge is 0.483 e. The number of halogens is 1. The Morgan fingerprint density at radius 2 is 1.89 bits per heavy atom. The first kappa shape index (κ1) is 26.2. The van der Waals surface area contributed by atoms with Crippen molar-refractivity contribution in [1.82, 2.24) is 9.97 Å². The van der Waals surface area contributed by atoms with Gasteiger partial charge in [0, 0.05) is 24.8 Å². The van der Waals surface area contributed by atoms with E-state index in [-0.39, 0.29) is 18.8 Å². The van der Waals surface area contributed by atoms with E-state index in [1.165, 1.54) is 0 Å². The lowest BCUT2D eigenvalue weighted by Gasteiger charge is -2.30. The molecule has 2 aliphatic heterocycles. The second-order valence-corrected chi connectivity index (χ2v) is 10.9. The van der Waals surface area contributed by atoms with Crippen LogP contribution >= 0.6 is 15.9 Å². The van der Waals surface area contributed by atoms with Gasteiger partial charge in [0.25, 0.3) is 0 Å². The van der Waals surface area contributed by atoms with Crippen LogP contribution in [-0.4, -0.2) is 66.3 Å². The zero-order valence-corrected chi connectivity index (χ0v) is 23.2. The van der Waals surface area contributed by atoms with Crippen molar-refractivity contribution in [1.29, 1.82) is 0 Å². The van der Waals surface area contributed by atoms with E-state index in [1.807, 2.05) is 32.0 Å². The molecule has 3 heterocycles. The molecule has 8 nitrogen and oxygen atoms in total. The molecule has 1 aromatic heterocycles. The Balaban J connectivity index is 1.63. The Labute approximate surface area is 226 Å². The van der Waals surface area contributed by atoms with Gasteiger partial charge in [0.15, 0.2) is 5.75 Å². The number of benzene rings is 2. The van der Waals surface area contributed by atoms with E-state index in [9.17, 15) is 5.11 Å². The quantitative estimate of drug-likeness (QED) is 0.443. The van der Waals surface area contributed by atoms with Gasteiger partial charge < -0.3 is 29.0 Å². The molecule has 0 spiro atoms. The first-order valence-corrected chi connectivity index (χ1v) is 13.6. The number of ether oxygens (including phenoxy) is 4. The molecule has 0 radical (unpaired) electrons. The molecule has 2 unspecified atom stereocenters. The van der Waals surface area contributed by atoms with Gasteiger partial charge in [0.2, 0.25) is 0 Å². The fraction of sp³-hybridized carbons (Fsp3) is 0.500. The molecule has 2 aliphatic rings. The molecule has 5 rings (SSSR count). The normalized spacial score (nSPS) is 22.0. The van der Waals surface area contributed by atoms with Gasteiger partial charge in [-0.3, -0.25) is 0 Å². The van der Waals surface area contributed by atoms with Crippen LogP contribution in [0.15, 0.2) is 40.9 Å². The van der Waals surface area contributed by atoms with Crippen molar-refractivity contribution in [2.24, 2.45) is 0 Å². The molecular weight excluding hydrogens is 538 g/mol. The fourth-order valence-corrected chi connectivity index (χ4v) is 5.20. The van der Waals surface area contributed by atoms with Crippen LogP contribution < -0.4 is 14.4 Å². The SMILES string of the molecule is Cc1cc2c(N3CCOCC(C)(O)C3)nc(OC3CCOCC3)nc2c(OC(C)c2ccccc2)c1Br. The van der Waals surface area contributed by atoms with Crippen LogP contribution in [0.4, 0.5) is 5.82 Å². The average molecular weight is 573 g/mol. The lowest BCUT2D eigenvalue weighted by molar-refractivity contribution is -0.0123. The number of rotatable bonds is 6. The van der Waals surface area contributed by atoms with E-state index in [2.05, 4.69) is 39.0 Å². The first-order chi connectivity index (χ1) is 17.8. The molecule has 1 N–H and O–H groups in total. The van der Waals surface area contributed by atoms with Crippen LogP contribution in [0.1, 0.15) is 43.9 Å². The van der Waals surface area contributed by atoms with Gasteiger partial charge in [-0.15, -0.1) is 0 Å². The highest BCUT2D eigenvalue weighted by Crippen LogP contribution is 2.42. The van der Waals surface area contributed by atoms with Crippen molar-refractivity contribution in [3.05, 3.63) is 52.0 Å². The molecule has 2 saturated heterocycles. The summed E-state index contributed by atoms with van der Waals surface area (Å²) >= 11 is 3.76. The minimum atomic E-state index is -1.01. The zero-order chi connectivity index (χ0) is 26.0. The van der Waals surface area contributed by atoms with Gasteiger partial charge in [0.05, 0.1) is 37.4 Å². The molecule has 0 amide bonds. The number of aryl methyl sites for hydroxylation is 1. The van der Waals surface area contributed by atoms with Crippen molar-refractivity contribution < 1.29 is 24.1 Å². The molecule has 3 aromatic rings. The van der Waals surface area contributed by atoms with Crippen molar-refractivity contribution in [3.63, 3.8) is 0 Å². The van der Waals surface area contributed by atoms with Crippen LogP contribution in [0, 0.1) is 6.92 Å². The topological polar surface area (TPSA) is 86.2 Å². The number of β-amino-alcohol motifs (C(OH)–C–C–N with tert-alkyl or cyclic N) is 1. The summed E-state index contributed by atoms with van der Waals surface area (Å²) in [6.45, 7) is 8.88. The van der Waals surface area contributed by atoms with Crippen LogP contribution in [0.3, 0.4) is 0 Å². The van der Waals surface area contributed by atoms with Crippen LogP contribution in [-0.2, 0) is 9.47 Å². The Hall–Kier alpha value is -2.46. The Morgan fingerprint density at radius 1 is 1.14 bits per heavy atom. The highest BCUT2D eigenvalue weighted by molar-refractivity contribution is 9.10. The van der Waals surface area contributed by atoms with Crippen molar-refractivity contribution in [2.45, 2.75) is 51.4 Å². The molecule has 0 bridgehead atoms. The van der Waals surface area contributed by atoms with Crippen LogP contribution in [0.2, 0.25) is 0 Å². The molecular formula is C28H34BrN3O5. The maximum Gasteiger partial charge on any atom is 0.319 e. The third kappa shape index (κ3) is 6.00. The second-order valence-electron chi connectivity index (χ2n) is 10.1. The zero-order valence-electron chi connectivity index (χ0n) is 21.6. The van der Waals surface area contributed by atoms with Crippen molar-refractivity contribution in [2.75, 3.05) is 44.4 Å². The summed E-state index contributed by atoms with van der Waals surface area (Å²) in [7, 11) is 0. The third-order valence-corrected chi connectivity index (χ3v) is 7.77. The second kappa shape index (κ2) is 11.1. The van der Waals surface area contributed by atoms with Gasteiger partial charge in [-0.1, -0.05) is 30.3 Å². The lowest BCUT2D eigenvalue weighted by atomic mass is 10.1. The highest BCUT2D eigenvalue weighted by atomic mass is 79.9. The van der Waals surface area contributed by atoms with E-state index in [1.54, 1.807) is 6.92 Å². The standard InChI is InChI=1S/C28H34BrN3O5/c1-18-15-22-24(25(23(18)29)36-19(2)20-7-5-4-6-8-20)30-27(37-21-9-12-34-13-10-21)31-26(22)32-11-14-35-17-28(3,33)16-32/h4-8,15,19,21,33H,9-14,16-17H2,1-3H3. The minimum absolute atomic E-state index is 0.0175. The molecule has 2 atom stereocenters. The fourth-order valence-electron chi connectivity index (χ4n) is 4.80. The van der Waals surface area contributed by atoms with Gasteiger partial charge in [-0.2, -0.15) is 9.97 Å². The van der Waals surface area contributed by atoms with Crippen molar-refractivity contribution in [3.8, 4) is 11.8 Å². The maximum absolute atomic E-state index is 10.9. The summed E-state index contributed by atoms with van der Waals surface area (Å²) in [5.41, 5.74) is 1.72. The number of nitrogens with zero attached hydrogens (tertiary/aromatic N) is 3. The van der Waals surface area contributed by atoms with E-state index in [4.69, 9.17) is 28.9 Å². The monoisotopic (exact) mass is 571 g/mol. The lowest BCUT2D eigenvalue weighted by Crippen LogP contribution is -2.42. The summed E-state index contributed by atoms with van der Waals surface area (Å²) < 4.78 is 24.9. The Bertz CT molecular complexity index is 1230. The van der Waals surface area contributed by atoms with Gasteiger partial charge in [-0.25, -0.2) is 0 Å². The number of anilines is 1. The third-order valence-electron chi connectivity index (χ3n) is 6.78. The Kier molecular flexibility index (Phi) is 7.85. The molecule has 0 aliphatic carbocycles. The molecule has 0 saturated carbocycles. The van der Waals surface area contributed by atoms with Crippen LogP contribution in [0.5, 0.6) is 11.8 Å². The smallest absolute Gasteiger partial charge is 0.319 e. The number of hydrogen-bond acceptors (Lipinski definition) is 8. The number of fused-ring (bicyclic) bond motifs is 1. The van der Waals surface area contributed by atoms with E-state index in [0.29, 0.717) is 56.0 Å². The van der Waals surface area contributed by atoms with Gasteiger partial charge >= 0.3 is 6.01 Å². The van der Waals surface area contributed by atoms with Gasteiger partial charge in [-0.05, 0) is 53.9 Å². The Morgan fingerprint density at radius 3 is 2.65 bits per heavy atom. The molecule has 2 fully saturated rings. The summed E-state index contributed by atoms with van der Waals surface area (Å²) in [6, 6.07) is 12.5. The van der Waals surface area contributed by atoms with E-state index in [0.717, 1.165) is 33.8 Å². The molecule has 198 valence electrons. The highest BCUT2D eigenvalue weighted by Gasteiger charge is 2.31. The summed E-state index contributed by atoms with van der Waals surface area (Å²) in [6.07, 6.45) is 1.36. The summed E-state index contributed by atoms with van der Waals surface area (Å²) in [5.74, 6) is 1.34. The molecule has 2 aromatic carbocycles. The minimum Gasteiger partial charge on any atom is -0.483 e. The van der Waals surface area contributed by atoms with E-state index < -0.39 is 5.60 Å². The summed E-state index contributed by atoms with van der Waals surface area (Å²) in [5, 5.41) is 11.7.